The highest BCUT2D eigenvalue weighted by atomic mass is 32.2. The average Bonchev–Trinajstić information content (AvgIpc) is 2.78. The Morgan fingerprint density at radius 2 is 1.70 bits per heavy atom. The molecule has 0 spiro atoms. The Morgan fingerprint density at radius 3 is 2.39 bits per heavy atom. The summed E-state index contributed by atoms with van der Waals surface area (Å²) >= 11 is 1.30. The van der Waals surface area contributed by atoms with Crippen molar-refractivity contribution in [3.05, 3.63) is 64.5 Å². The summed E-state index contributed by atoms with van der Waals surface area (Å²) in [5.74, 6) is -0.367. The molecule has 9 heteroatoms. The van der Waals surface area contributed by atoms with Gasteiger partial charge in [-0.3, -0.25) is 4.90 Å². The highest BCUT2D eigenvalue weighted by Crippen LogP contribution is 2.49. The molecule has 176 valence electrons. The van der Waals surface area contributed by atoms with E-state index in [0.717, 1.165) is 27.7 Å². The summed E-state index contributed by atoms with van der Waals surface area (Å²) in [5, 5.41) is 9.49. The van der Waals surface area contributed by atoms with Crippen LogP contribution in [0, 0.1) is 5.82 Å². The normalized spacial score (nSPS) is 23.9. The van der Waals surface area contributed by atoms with Gasteiger partial charge in [-0.15, -0.1) is 0 Å². The molecule has 2 aromatic rings. The summed E-state index contributed by atoms with van der Waals surface area (Å²) in [4.78, 5) is 3.62. The van der Waals surface area contributed by atoms with Gasteiger partial charge in [0.15, 0.2) is 6.29 Å². The molecule has 0 aliphatic carbocycles. The molecule has 5 rings (SSSR count). The maximum absolute atomic E-state index is 13.9. The Balaban J connectivity index is 1.44. The molecule has 3 aliphatic rings. The van der Waals surface area contributed by atoms with Gasteiger partial charge in [0.05, 0.1) is 18.8 Å². The summed E-state index contributed by atoms with van der Waals surface area (Å²) in [7, 11) is 0. The van der Waals surface area contributed by atoms with Gasteiger partial charge in [0.25, 0.3) is 0 Å². The number of aliphatic hydroxyl groups is 1. The van der Waals surface area contributed by atoms with Crippen LogP contribution < -0.4 is 0 Å². The summed E-state index contributed by atoms with van der Waals surface area (Å²) in [6.07, 6.45) is -4.07. The van der Waals surface area contributed by atoms with E-state index >= 15 is 0 Å². The van der Waals surface area contributed by atoms with Gasteiger partial charge >= 0.3 is 6.18 Å². The maximum atomic E-state index is 13.9. The number of rotatable bonds is 2. The van der Waals surface area contributed by atoms with Gasteiger partial charge in [-0.05, 0) is 59.9 Å². The van der Waals surface area contributed by atoms with Crippen LogP contribution in [0.2, 0.25) is 0 Å². The third kappa shape index (κ3) is 4.83. The number of aliphatic hydroxyl groups excluding tert-OH is 1. The van der Waals surface area contributed by atoms with E-state index in [2.05, 4.69) is 4.90 Å². The first-order valence-corrected chi connectivity index (χ1v) is 11.6. The van der Waals surface area contributed by atoms with Crippen molar-refractivity contribution >= 4 is 17.3 Å². The molecule has 1 N–H and O–H groups in total. The molecule has 3 aliphatic heterocycles. The Hall–Kier alpha value is -1.91. The van der Waals surface area contributed by atoms with E-state index in [-0.39, 0.29) is 19.0 Å². The molecule has 0 amide bonds. The standard InChI is InChI=1S/C24H23F4NO3S/c25-16-2-3-18-21(10-16)33-20-4-1-15(24(26,27)28)9-19(20)23(18)14-5-7-29(8-6-14)11-22-31-12-17(30)13-32-22/h1-4,9-10,17,22,30H,5-8,11-13H2. The lowest BCUT2D eigenvalue weighted by atomic mass is 9.87. The Bertz CT molecular complexity index is 1070. The fourth-order valence-corrected chi connectivity index (χ4v) is 5.62. The lowest BCUT2D eigenvalue weighted by Crippen LogP contribution is -2.44. The van der Waals surface area contributed by atoms with Gasteiger partial charge in [-0.1, -0.05) is 23.4 Å². The maximum Gasteiger partial charge on any atom is 0.416 e. The van der Waals surface area contributed by atoms with Crippen molar-refractivity contribution in [2.75, 3.05) is 32.8 Å². The summed E-state index contributed by atoms with van der Waals surface area (Å²) < 4.78 is 65.3. The molecule has 0 aromatic heterocycles. The molecule has 2 fully saturated rings. The number of alkyl halides is 3. The lowest BCUT2D eigenvalue weighted by Gasteiger charge is -2.35. The fraction of sp³-hybridized carbons (Fsp3) is 0.417. The van der Waals surface area contributed by atoms with Crippen LogP contribution in [0.15, 0.2) is 51.8 Å². The zero-order valence-corrected chi connectivity index (χ0v) is 18.5. The minimum absolute atomic E-state index is 0.247. The second-order valence-electron chi connectivity index (χ2n) is 8.48. The molecule has 0 unspecified atom stereocenters. The van der Waals surface area contributed by atoms with Crippen LogP contribution in [0.5, 0.6) is 0 Å². The van der Waals surface area contributed by atoms with E-state index in [1.165, 1.54) is 36.0 Å². The molecule has 0 radical (unpaired) electrons. The number of piperidine rings is 1. The second kappa shape index (κ2) is 9.03. The van der Waals surface area contributed by atoms with E-state index in [4.69, 9.17) is 9.47 Å². The average molecular weight is 482 g/mol. The van der Waals surface area contributed by atoms with E-state index in [1.54, 1.807) is 6.07 Å². The molecule has 33 heavy (non-hydrogen) atoms. The monoisotopic (exact) mass is 481 g/mol. The van der Waals surface area contributed by atoms with Crippen LogP contribution >= 0.6 is 11.8 Å². The smallest absolute Gasteiger partial charge is 0.388 e. The minimum Gasteiger partial charge on any atom is -0.388 e. The first-order chi connectivity index (χ1) is 15.8. The van der Waals surface area contributed by atoms with Crippen LogP contribution in [0.1, 0.15) is 29.5 Å². The van der Waals surface area contributed by atoms with Crippen molar-refractivity contribution < 1.29 is 32.1 Å². The van der Waals surface area contributed by atoms with Crippen LogP contribution in [-0.2, 0) is 15.7 Å². The van der Waals surface area contributed by atoms with Crippen molar-refractivity contribution in [1.82, 2.24) is 4.90 Å². The van der Waals surface area contributed by atoms with E-state index in [1.807, 2.05) is 0 Å². The minimum atomic E-state index is -4.44. The highest BCUT2D eigenvalue weighted by Gasteiger charge is 2.34. The van der Waals surface area contributed by atoms with Crippen LogP contribution in [0.3, 0.4) is 0 Å². The lowest BCUT2D eigenvalue weighted by molar-refractivity contribution is -0.222. The number of hydrogen-bond donors (Lipinski definition) is 1. The van der Waals surface area contributed by atoms with Crippen molar-refractivity contribution in [1.29, 1.82) is 0 Å². The van der Waals surface area contributed by atoms with Gasteiger partial charge in [0, 0.05) is 29.4 Å². The number of benzene rings is 2. The Morgan fingerprint density at radius 1 is 0.970 bits per heavy atom. The molecule has 3 heterocycles. The van der Waals surface area contributed by atoms with Crippen molar-refractivity contribution in [2.45, 2.75) is 41.2 Å². The molecule has 2 aromatic carbocycles. The number of nitrogens with zero attached hydrogens (tertiary/aromatic N) is 1. The van der Waals surface area contributed by atoms with Crippen molar-refractivity contribution in [3.8, 4) is 0 Å². The van der Waals surface area contributed by atoms with E-state index in [0.29, 0.717) is 42.9 Å². The van der Waals surface area contributed by atoms with Crippen LogP contribution in [-0.4, -0.2) is 55.2 Å². The topological polar surface area (TPSA) is 41.9 Å². The van der Waals surface area contributed by atoms with Gasteiger partial charge in [0.2, 0.25) is 0 Å². The SMILES string of the molecule is OC1COC(CN2CCC(=C3c4ccc(F)cc4Sc4ccc(C(F)(F)F)cc43)CC2)OC1. The van der Waals surface area contributed by atoms with Crippen LogP contribution in [0.25, 0.3) is 5.57 Å². The van der Waals surface area contributed by atoms with Crippen LogP contribution in [0.4, 0.5) is 17.6 Å². The molecular formula is C24H23F4NO3S. The Labute approximate surface area is 193 Å². The Kier molecular flexibility index (Phi) is 6.26. The number of halogens is 4. The highest BCUT2D eigenvalue weighted by molar-refractivity contribution is 7.99. The molecule has 0 bridgehead atoms. The first kappa shape index (κ1) is 22.9. The first-order valence-electron chi connectivity index (χ1n) is 10.8. The van der Waals surface area contributed by atoms with E-state index in [9.17, 15) is 22.7 Å². The zero-order chi connectivity index (χ0) is 23.2. The van der Waals surface area contributed by atoms with E-state index < -0.39 is 24.1 Å². The quantitative estimate of drug-likeness (QED) is 0.526. The number of likely N-dealkylation sites (tertiary alicyclic amines) is 1. The van der Waals surface area contributed by atoms with Crippen molar-refractivity contribution in [3.63, 3.8) is 0 Å². The molecule has 2 saturated heterocycles. The molecular weight excluding hydrogens is 458 g/mol. The summed E-state index contributed by atoms with van der Waals surface area (Å²) in [6, 6.07) is 8.27. The fourth-order valence-electron chi connectivity index (χ4n) is 4.53. The third-order valence-electron chi connectivity index (χ3n) is 6.18. The zero-order valence-electron chi connectivity index (χ0n) is 17.7. The third-order valence-corrected chi connectivity index (χ3v) is 7.31. The number of ether oxygens (including phenoxy) is 2. The molecule has 0 saturated carbocycles. The van der Waals surface area contributed by atoms with Crippen molar-refractivity contribution in [2.24, 2.45) is 0 Å². The number of fused-ring (bicyclic) bond motifs is 2. The predicted molar refractivity (Wildman–Crippen MR) is 115 cm³/mol. The summed E-state index contributed by atoms with van der Waals surface area (Å²) in [5.41, 5.74) is 2.52. The van der Waals surface area contributed by atoms with Gasteiger partial charge < -0.3 is 14.6 Å². The molecule has 4 nitrogen and oxygen atoms in total. The van der Waals surface area contributed by atoms with Gasteiger partial charge in [0.1, 0.15) is 11.9 Å². The predicted octanol–water partition coefficient (Wildman–Crippen LogP) is 4.94. The second-order valence-corrected chi connectivity index (χ2v) is 9.56. The summed E-state index contributed by atoms with van der Waals surface area (Å²) in [6.45, 7) is 2.49. The van der Waals surface area contributed by atoms with Gasteiger partial charge in [-0.2, -0.15) is 13.2 Å². The molecule has 0 atom stereocenters. The number of hydrogen-bond acceptors (Lipinski definition) is 5. The van der Waals surface area contributed by atoms with Gasteiger partial charge in [-0.25, -0.2) is 4.39 Å². The largest absolute Gasteiger partial charge is 0.416 e.